The number of benzene rings is 2. The highest BCUT2D eigenvalue weighted by Crippen LogP contribution is 2.32. The maximum absolute atomic E-state index is 4.36. The van der Waals surface area contributed by atoms with Crippen LogP contribution in [0.2, 0.25) is 0 Å². The van der Waals surface area contributed by atoms with Crippen LogP contribution < -0.4 is 26.6 Å². The van der Waals surface area contributed by atoms with Gasteiger partial charge < -0.3 is 21.2 Å². The highest BCUT2D eigenvalue weighted by molar-refractivity contribution is 7.20. The lowest BCUT2D eigenvalue weighted by Gasteiger charge is -2.15. The number of rotatable bonds is 11. The van der Waals surface area contributed by atoms with Crippen LogP contribution in [0.5, 0.6) is 0 Å². The van der Waals surface area contributed by atoms with Crippen molar-refractivity contribution in [3.8, 4) is 0 Å². The highest BCUT2D eigenvalue weighted by atomic mass is 32.1. The Bertz CT molecular complexity index is 1390. The molecule has 0 spiro atoms. The second-order valence-corrected chi connectivity index (χ2v) is 11.4. The predicted molar refractivity (Wildman–Crippen MR) is 161 cm³/mol. The van der Waals surface area contributed by atoms with E-state index in [4.69, 9.17) is 0 Å². The van der Waals surface area contributed by atoms with Gasteiger partial charge in [0.15, 0.2) is 0 Å². The largest absolute Gasteiger partial charge is 0.363 e. The van der Waals surface area contributed by atoms with Gasteiger partial charge in [-0.1, -0.05) is 29.6 Å². The molecule has 9 nitrogen and oxygen atoms in total. The van der Waals surface area contributed by atoms with Crippen LogP contribution >= 0.6 is 22.7 Å². The number of azo groups is 1. The third-order valence-electron chi connectivity index (χ3n) is 6.27. The molecule has 4 N–H and O–H groups in total. The molecule has 0 saturated carbocycles. The summed E-state index contributed by atoms with van der Waals surface area (Å²) in [5.41, 5.74) is 19.1. The number of thiophene rings is 1. The Morgan fingerprint density at radius 1 is 0.816 bits per heavy atom. The lowest BCUT2D eigenvalue weighted by Crippen LogP contribution is -2.15. The fourth-order valence-electron chi connectivity index (χ4n) is 4.20. The van der Waals surface area contributed by atoms with Crippen LogP contribution in [0.25, 0.3) is 0 Å². The first kappa shape index (κ1) is 25.9. The molecule has 0 unspecified atom stereocenters. The first-order valence-electron chi connectivity index (χ1n) is 12.9. The Kier molecular flexibility index (Phi) is 8.34. The summed E-state index contributed by atoms with van der Waals surface area (Å²) in [7, 11) is 0. The normalized spacial score (nSPS) is 13.3. The number of nitrogens with one attached hydrogen (secondary N) is 4. The van der Waals surface area contributed by atoms with Gasteiger partial charge in [-0.05, 0) is 92.8 Å². The quantitative estimate of drug-likeness (QED) is 0.111. The van der Waals surface area contributed by atoms with E-state index in [1.807, 2.05) is 31.2 Å². The molecule has 198 valence electrons. The number of hydrogen-bond donors (Lipinski definition) is 4. The van der Waals surface area contributed by atoms with Crippen molar-refractivity contribution < 1.29 is 0 Å². The molecule has 0 radical (unpaired) electrons. The van der Waals surface area contributed by atoms with E-state index in [2.05, 4.69) is 85.1 Å². The van der Waals surface area contributed by atoms with Crippen LogP contribution in [-0.2, 0) is 6.42 Å². The van der Waals surface area contributed by atoms with Gasteiger partial charge in [-0.3, -0.25) is 5.43 Å². The molecular weight excluding hydrogens is 514 g/mol. The molecule has 0 aliphatic carbocycles. The number of nitrogens with zero attached hydrogens (tertiary/aromatic N) is 5. The third kappa shape index (κ3) is 6.59. The summed E-state index contributed by atoms with van der Waals surface area (Å²) in [6.07, 6.45) is 4.54. The minimum atomic E-state index is 0.586. The Labute approximate surface area is 231 Å². The summed E-state index contributed by atoms with van der Waals surface area (Å²) in [6.45, 7) is 8.55. The first-order valence-corrected chi connectivity index (χ1v) is 14.5. The number of aryl methyl sites for hydroxylation is 3. The molecule has 3 heterocycles. The van der Waals surface area contributed by atoms with E-state index in [9.17, 15) is 0 Å². The summed E-state index contributed by atoms with van der Waals surface area (Å²) in [4.78, 5) is 2.45. The van der Waals surface area contributed by atoms with Crippen LogP contribution in [0.3, 0.4) is 0 Å². The lowest BCUT2D eigenvalue weighted by atomic mass is 10.2. The van der Waals surface area contributed by atoms with Crippen LogP contribution in [0.1, 0.15) is 42.3 Å². The SMILES string of the molecule is CCCc1nnc(N=Nc2ccc(NNc3ccc(NNc4ccc(N5CCCC5)s4)cc3C)cc2C)s1. The predicted octanol–water partition coefficient (Wildman–Crippen LogP) is 8.06. The van der Waals surface area contributed by atoms with Gasteiger partial charge in [-0.25, -0.2) is 0 Å². The van der Waals surface area contributed by atoms with Crippen molar-refractivity contribution >= 4 is 60.6 Å². The number of anilines is 5. The van der Waals surface area contributed by atoms with Crippen molar-refractivity contribution in [2.45, 2.75) is 46.5 Å². The minimum absolute atomic E-state index is 0.586. The van der Waals surface area contributed by atoms with Gasteiger partial charge >= 0.3 is 0 Å². The number of aromatic nitrogens is 2. The van der Waals surface area contributed by atoms with E-state index in [0.717, 1.165) is 69.8 Å². The third-order valence-corrected chi connectivity index (χ3v) is 8.20. The molecule has 2 aromatic carbocycles. The zero-order chi connectivity index (χ0) is 26.3. The molecule has 4 aromatic rings. The van der Waals surface area contributed by atoms with Gasteiger partial charge in [-0.15, -0.1) is 20.4 Å². The molecule has 1 fully saturated rings. The maximum Gasteiger partial charge on any atom is 0.251 e. The van der Waals surface area contributed by atoms with E-state index >= 15 is 0 Å². The maximum atomic E-state index is 4.36. The van der Waals surface area contributed by atoms with Crippen LogP contribution in [0.15, 0.2) is 58.8 Å². The van der Waals surface area contributed by atoms with Gasteiger partial charge in [0.2, 0.25) is 0 Å². The Morgan fingerprint density at radius 2 is 1.58 bits per heavy atom. The van der Waals surface area contributed by atoms with Gasteiger partial charge in [-0.2, -0.15) is 0 Å². The molecule has 38 heavy (non-hydrogen) atoms. The molecule has 5 rings (SSSR count). The standard InChI is InChI=1S/C27H33N9S2/c1-4-7-24-33-35-27(38-24)34-31-23-11-8-20(16-19(23)3)28-30-22-10-9-21(17-18(22)2)29-32-25-12-13-26(37-25)36-14-5-6-15-36/h8-13,16-17,28-30,32H,4-7,14-15H2,1-3H3. The van der Waals surface area contributed by atoms with E-state index in [-0.39, 0.29) is 0 Å². The van der Waals surface area contributed by atoms with E-state index < -0.39 is 0 Å². The number of hydrazine groups is 2. The molecule has 0 atom stereocenters. The van der Waals surface area contributed by atoms with E-state index in [1.54, 1.807) is 11.3 Å². The van der Waals surface area contributed by atoms with E-state index in [1.165, 1.54) is 29.2 Å². The second-order valence-electron chi connectivity index (χ2n) is 9.29. The highest BCUT2D eigenvalue weighted by Gasteiger charge is 2.14. The van der Waals surface area contributed by atoms with Crippen molar-refractivity contribution in [2.75, 3.05) is 39.7 Å². The van der Waals surface area contributed by atoms with Gasteiger partial charge in [0, 0.05) is 19.5 Å². The smallest absolute Gasteiger partial charge is 0.251 e. The average molecular weight is 548 g/mol. The molecule has 1 aliphatic rings. The van der Waals surface area contributed by atoms with E-state index in [0.29, 0.717) is 5.13 Å². The lowest BCUT2D eigenvalue weighted by molar-refractivity contribution is 0.877. The molecule has 0 bridgehead atoms. The monoisotopic (exact) mass is 547 g/mol. The first-order chi connectivity index (χ1) is 18.6. The molecule has 0 amide bonds. The average Bonchev–Trinajstić information content (AvgIpc) is 3.69. The second kappa shape index (κ2) is 12.2. The van der Waals surface area contributed by atoms with Crippen LogP contribution in [0, 0.1) is 13.8 Å². The van der Waals surface area contributed by atoms with Gasteiger partial charge in [0.1, 0.15) is 10.0 Å². The molecular formula is C27H33N9S2. The van der Waals surface area contributed by atoms with Crippen LogP contribution in [0.4, 0.5) is 37.9 Å². The molecule has 11 heteroatoms. The Hall–Kier alpha value is -3.70. The van der Waals surface area contributed by atoms with Crippen molar-refractivity contribution in [1.29, 1.82) is 0 Å². The molecule has 1 aliphatic heterocycles. The summed E-state index contributed by atoms with van der Waals surface area (Å²) < 4.78 is 0. The molecule has 1 saturated heterocycles. The zero-order valence-corrected chi connectivity index (χ0v) is 23.5. The summed E-state index contributed by atoms with van der Waals surface area (Å²) in [6, 6.07) is 16.5. The van der Waals surface area contributed by atoms with Gasteiger partial charge in [0.05, 0.1) is 27.8 Å². The van der Waals surface area contributed by atoms with Crippen molar-refractivity contribution in [3.63, 3.8) is 0 Å². The summed E-state index contributed by atoms with van der Waals surface area (Å²) in [5.74, 6) is 0. The summed E-state index contributed by atoms with van der Waals surface area (Å²) in [5, 5.41) is 20.9. The molecule has 2 aromatic heterocycles. The van der Waals surface area contributed by atoms with Crippen molar-refractivity contribution in [2.24, 2.45) is 10.2 Å². The fourth-order valence-corrected chi connectivity index (χ4v) is 5.87. The minimum Gasteiger partial charge on any atom is -0.363 e. The number of hydrogen-bond acceptors (Lipinski definition) is 11. The van der Waals surface area contributed by atoms with Gasteiger partial charge in [0.25, 0.3) is 5.13 Å². The van der Waals surface area contributed by atoms with Crippen molar-refractivity contribution in [1.82, 2.24) is 10.2 Å². The fraction of sp³-hybridized carbons (Fsp3) is 0.333. The van der Waals surface area contributed by atoms with Crippen molar-refractivity contribution in [3.05, 3.63) is 64.7 Å². The Morgan fingerprint density at radius 3 is 2.34 bits per heavy atom. The zero-order valence-electron chi connectivity index (χ0n) is 21.9. The topological polar surface area (TPSA) is 102 Å². The Balaban J connectivity index is 1.13. The van der Waals surface area contributed by atoms with Crippen LogP contribution in [-0.4, -0.2) is 23.3 Å². The summed E-state index contributed by atoms with van der Waals surface area (Å²) >= 11 is 3.27.